The van der Waals surface area contributed by atoms with Crippen molar-refractivity contribution < 1.29 is 9.90 Å². The summed E-state index contributed by atoms with van der Waals surface area (Å²) in [6, 6.07) is 1.32. The third-order valence-corrected chi connectivity index (χ3v) is 4.40. The molecule has 2 aromatic rings. The molecular weight excluding hydrogens is 268 g/mol. The van der Waals surface area contributed by atoms with Crippen LogP contribution in [0.2, 0.25) is 0 Å². The Bertz CT molecular complexity index is 692. The van der Waals surface area contributed by atoms with Crippen molar-refractivity contribution in [3.05, 3.63) is 18.6 Å². The van der Waals surface area contributed by atoms with E-state index >= 15 is 0 Å². The first kappa shape index (κ1) is 13.9. The number of carbonyl (C=O) groups is 1. The SMILES string of the molecule is Cn1cnc2c(N3CCCC(C)(C)C3C(=O)O)nccc21. The maximum atomic E-state index is 11.8. The minimum atomic E-state index is -0.797. The van der Waals surface area contributed by atoms with Gasteiger partial charge in [-0.05, 0) is 24.3 Å². The molecule has 1 aliphatic rings. The summed E-state index contributed by atoms with van der Waals surface area (Å²) in [5.41, 5.74) is 1.44. The third-order valence-electron chi connectivity index (χ3n) is 4.40. The third kappa shape index (κ3) is 2.14. The first-order chi connectivity index (χ1) is 9.92. The summed E-state index contributed by atoms with van der Waals surface area (Å²) in [5.74, 6) is -0.122. The van der Waals surface area contributed by atoms with E-state index in [1.165, 1.54) is 0 Å². The average molecular weight is 288 g/mol. The fraction of sp³-hybridized carbons (Fsp3) is 0.533. The first-order valence-corrected chi connectivity index (χ1v) is 7.17. The molecule has 3 heterocycles. The van der Waals surface area contributed by atoms with Gasteiger partial charge in [0.1, 0.15) is 11.6 Å². The van der Waals surface area contributed by atoms with Crippen LogP contribution in [0.4, 0.5) is 5.82 Å². The maximum Gasteiger partial charge on any atom is 0.326 e. The molecule has 0 bridgehead atoms. The Morgan fingerprint density at radius 1 is 1.43 bits per heavy atom. The molecule has 0 aliphatic carbocycles. The number of aliphatic carboxylic acids is 1. The standard InChI is InChI=1S/C15H20N4O2/c1-15(2)6-4-8-19(12(15)14(20)21)13-11-10(5-7-16-13)18(3)9-17-11/h5,7,9,12H,4,6,8H2,1-3H3,(H,20,21). The number of hydrogen-bond acceptors (Lipinski definition) is 4. The molecule has 3 rings (SSSR count). The number of hydrogen-bond donors (Lipinski definition) is 1. The van der Waals surface area contributed by atoms with Gasteiger partial charge in [0, 0.05) is 19.8 Å². The summed E-state index contributed by atoms with van der Waals surface area (Å²) < 4.78 is 1.92. The van der Waals surface area contributed by atoms with Crippen LogP contribution in [0.5, 0.6) is 0 Å². The average Bonchev–Trinajstić information content (AvgIpc) is 2.79. The van der Waals surface area contributed by atoms with E-state index in [4.69, 9.17) is 0 Å². The number of carboxylic acids is 1. The highest BCUT2D eigenvalue weighted by Gasteiger charge is 2.43. The van der Waals surface area contributed by atoms with Gasteiger partial charge in [0.15, 0.2) is 5.82 Å². The van der Waals surface area contributed by atoms with Gasteiger partial charge in [-0.15, -0.1) is 0 Å². The molecule has 0 amide bonds. The number of aryl methyl sites for hydroxylation is 1. The van der Waals surface area contributed by atoms with Crippen molar-refractivity contribution in [2.24, 2.45) is 12.5 Å². The molecular formula is C15H20N4O2. The Balaban J connectivity index is 2.14. The number of nitrogens with zero attached hydrogens (tertiary/aromatic N) is 4. The van der Waals surface area contributed by atoms with Crippen molar-refractivity contribution in [2.75, 3.05) is 11.4 Å². The van der Waals surface area contributed by atoms with Gasteiger partial charge in [0.2, 0.25) is 0 Å². The minimum Gasteiger partial charge on any atom is -0.480 e. The lowest BCUT2D eigenvalue weighted by Crippen LogP contribution is -2.54. The maximum absolute atomic E-state index is 11.8. The molecule has 1 aliphatic heterocycles. The van der Waals surface area contributed by atoms with Crippen molar-refractivity contribution in [3.8, 4) is 0 Å². The zero-order chi connectivity index (χ0) is 15.2. The van der Waals surface area contributed by atoms with Crippen molar-refractivity contribution in [3.63, 3.8) is 0 Å². The van der Waals surface area contributed by atoms with Crippen LogP contribution < -0.4 is 4.90 Å². The predicted molar refractivity (Wildman–Crippen MR) is 80.3 cm³/mol. The van der Waals surface area contributed by atoms with Gasteiger partial charge in [-0.1, -0.05) is 13.8 Å². The Morgan fingerprint density at radius 3 is 2.90 bits per heavy atom. The Morgan fingerprint density at radius 2 is 2.19 bits per heavy atom. The summed E-state index contributed by atoms with van der Waals surface area (Å²) in [6.07, 6.45) is 5.32. The molecule has 6 heteroatoms. The molecule has 6 nitrogen and oxygen atoms in total. The quantitative estimate of drug-likeness (QED) is 0.915. The topological polar surface area (TPSA) is 71.2 Å². The van der Waals surface area contributed by atoms with Crippen LogP contribution in [0, 0.1) is 5.41 Å². The molecule has 0 saturated carbocycles. The molecule has 1 saturated heterocycles. The van der Waals surface area contributed by atoms with Gasteiger partial charge in [0.25, 0.3) is 0 Å². The Labute approximate surface area is 123 Å². The van der Waals surface area contributed by atoms with Crippen LogP contribution in [0.3, 0.4) is 0 Å². The Kier molecular flexibility index (Phi) is 3.11. The summed E-state index contributed by atoms with van der Waals surface area (Å²) in [5, 5.41) is 9.69. The molecule has 2 aromatic heterocycles. The molecule has 0 aromatic carbocycles. The van der Waals surface area contributed by atoms with E-state index in [1.54, 1.807) is 12.5 Å². The van der Waals surface area contributed by atoms with E-state index in [0.717, 1.165) is 23.9 Å². The predicted octanol–water partition coefficient (Wildman–Crippen LogP) is 2.05. The second kappa shape index (κ2) is 4.72. The second-order valence-electron chi connectivity index (χ2n) is 6.38. The molecule has 112 valence electrons. The van der Waals surface area contributed by atoms with E-state index in [2.05, 4.69) is 9.97 Å². The van der Waals surface area contributed by atoms with Crippen LogP contribution >= 0.6 is 0 Å². The van der Waals surface area contributed by atoms with Gasteiger partial charge < -0.3 is 14.6 Å². The zero-order valence-electron chi connectivity index (χ0n) is 12.6. The molecule has 21 heavy (non-hydrogen) atoms. The molecule has 0 radical (unpaired) electrons. The van der Waals surface area contributed by atoms with E-state index in [0.29, 0.717) is 12.4 Å². The highest BCUT2D eigenvalue weighted by atomic mass is 16.4. The van der Waals surface area contributed by atoms with Crippen molar-refractivity contribution in [1.82, 2.24) is 14.5 Å². The van der Waals surface area contributed by atoms with Crippen LogP contribution in [0.15, 0.2) is 18.6 Å². The van der Waals surface area contributed by atoms with E-state index < -0.39 is 12.0 Å². The molecule has 1 N–H and O–H groups in total. The van der Waals surface area contributed by atoms with E-state index in [-0.39, 0.29) is 5.41 Å². The highest BCUT2D eigenvalue weighted by molar-refractivity contribution is 5.89. The molecule has 1 fully saturated rings. The number of rotatable bonds is 2. The van der Waals surface area contributed by atoms with Gasteiger partial charge in [-0.25, -0.2) is 14.8 Å². The van der Waals surface area contributed by atoms with E-state index in [1.807, 2.05) is 36.4 Å². The summed E-state index contributed by atoms with van der Waals surface area (Å²) in [6.45, 7) is 4.72. The lowest BCUT2D eigenvalue weighted by molar-refractivity contribution is -0.142. The number of piperidine rings is 1. The Hall–Kier alpha value is -2.11. The van der Waals surface area contributed by atoms with Crippen LogP contribution in [0.25, 0.3) is 11.0 Å². The summed E-state index contributed by atoms with van der Waals surface area (Å²) >= 11 is 0. The normalized spacial score (nSPS) is 21.7. The second-order valence-corrected chi connectivity index (χ2v) is 6.38. The fourth-order valence-electron chi connectivity index (χ4n) is 3.35. The zero-order valence-corrected chi connectivity index (χ0v) is 12.6. The van der Waals surface area contributed by atoms with Crippen molar-refractivity contribution in [1.29, 1.82) is 0 Å². The van der Waals surface area contributed by atoms with Crippen LogP contribution in [-0.4, -0.2) is 38.2 Å². The largest absolute Gasteiger partial charge is 0.480 e. The number of fused-ring (bicyclic) bond motifs is 1. The fourth-order valence-corrected chi connectivity index (χ4v) is 3.35. The number of imidazole rings is 1. The molecule has 1 unspecified atom stereocenters. The number of anilines is 1. The number of aromatic nitrogens is 3. The van der Waals surface area contributed by atoms with Crippen molar-refractivity contribution >= 4 is 22.8 Å². The van der Waals surface area contributed by atoms with Gasteiger partial charge >= 0.3 is 5.97 Å². The summed E-state index contributed by atoms with van der Waals surface area (Å²) in [4.78, 5) is 22.5. The lowest BCUT2D eigenvalue weighted by atomic mass is 9.76. The van der Waals surface area contributed by atoms with Crippen LogP contribution in [0.1, 0.15) is 26.7 Å². The number of carboxylic acid groups (broad SMARTS) is 1. The lowest BCUT2D eigenvalue weighted by Gasteiger charge is -2.44. The minimum absolute atomic E-state index is 0.289. The molecule has 0 spiro atoms. The number of pyridine rings is 1. The highest BCUT2D eigenvalue weighted by Crippen LogP contribution is 2.38. The van der Waals surface area contributed by atoms with Gasteiger partial charge in [-0.3, -0.25) is 0 Å². The first-order valence-electron chi connectivity index (χ1n) is 7.17. The molecule has 1 atom stereocenters. The van der Waals surface area contributed by atoms with Gasteiger partial charge in [-0.2, -0.15) is 0 Å². The summed E-state index contributed by atoms with van der Waals surface area (Å²) in [7, 11) is 1.92. The van der Waals surface area contributed by atoms with E-state index in [9.17, 15) is 9.90 Å². The van der Waals surface area contributed by atoms with Crippen molar-refractivity contribution in [2.45, 2.75) is 32.7 Å². The van der Waals surface area contributed by atoms with Gasteiger partial charge in [0.05, 0.1) is 11.8 Å². The monoisotopic (exact) mass is 288 g/mol. The van der Waals surface area contributed by atoms with Crippen LogP contribution in [-0.2, 0) is 11.8 Å². The smallest absolute Gasteiger partial charge is 0.326 e.